The van der Waals surface area contributed by atoms with E-state index in [-0.39, 0.29) is 11.8 Å². The van der Waals surface area contributed by atoms with E-state index in [0.29, 0.717) is 28.6 Å². The quantitative estimate of drug-likeness (QED) is 0.618. The molecule has 0 aliphatic carbocycles. The third-order valence-corrected chi connectivity index (χ3v) is 4.08. The molecule has 1 heterocycles. The molecule has 2 N–H and O–H groups in total. The Morgan fingerprint density at radius 1 is 1.00 bits per heavy atom. The van der Waals surface area contributed by atoms with Crippen molar-refractivity contribution in [3.8, 4) is 0 Å². The number of rotatable bonds is 6. The molecular weight excluding hydrogens is 364 g/mol. The number of nitrogens with one attached hydrogen (secondary N) is 2. The third kappa shape index (κ3) is 5.33. The Balaban J connectivity index is 1.54. The van der Waals surface area contributed by atoms with Crippen LogP contribution in [-0.4, -0.2) is 11.8 Å². The number of carbonyl (C=O) groups is 2. The zero-order valence-corrected chi connectivity index (χ0v) is 15.1. The standard InChI is InChI=1S/C21H17ClN2O3/c22-19-6-2-1-4-15(19)9-12-20(25)24-17-10-7-16(8-11-17)21(26)23-14-18-5-3-13-27-18/h1-13H,14H2,(H,23,26)(H,24,25)/b12-9+. The molecule has 0 aliphatic heterocycles. The summed E-state index contributed by atoms with van der Waals surface area (Å²) in [6.07, 6.45) is 4.61. The number of amides is 2. The first-order valence-corrected chi connectivity index (χ1v) is 8.64. The van der Waals surface area contributed by atoms with Crippen LogP contribution in [0.1, 0.15) is 21.7 Å². The number of furan rings is 1. The highest BCUT2D eigenvalue weighted by Gasteiger charge is 2.07. The van der Waals surface area contributed by atoms with Crippen molar-refractivity contribution < 1.29 is 14.0 Å². The molecule has 2 aromatic carbocycles. The largest absolute Gasteiger partial charge is 0.467 e. The molecule has 0 unspecified atom stereocenters. The lowest BCUT2D eigenvalue weighted by atomic mass is 10.2. The van der Waals surface area contributed by atoms with Crippen molar-refractivity contribution in [3.63, 3.8) is 0 Å². The van der Waals surface area contributed by atoms with E-state index >= 15 is 0 Å². The molecule has 0 saturated carbocycles. The van der Waals surface area contributed by atoms with Gasteiger partial charge in [-0.3, -0.25) is 9.59 Å². The lowest BCUT2D eigenvalue weighted by molar-refractivity contribution is -0.111. The average Bonchev–Trinajstić information content (AvgIpc) is 3.20. The Labute approximate surface area is 161 Å². The van der Waals surface area contributed by atoms with Crippen molar-refractivity contribution in [2.45, 2.75) is 6.54 Å². The van der Waals surface area contributed by atoms with Crippen LogP contribution in [0.4, 0.5) is 5.69 Å². The van der Waals surface area contributed by atoms with Gasteiger partial charge in [0.05, 0.1) is 12.8 Å². The van der Waals surface area contributed by atoms with Gasteiger partial charge in [-0.2, -0.15) is 0 Å². The summed E-state index contributed by atoms with van der Waals surface area (Å²) >= 11 is 6.05. The number of halogens is 1. The molecule has 0 radical (unpaired) electrons. The minimum atomic E-state index is -0.287. The van der Waals surface area contributed by atoms with Gasteiger partial charge in [0.1, 0.15) is 5.76 Å². The van der Waals surface area contributed by atoms with Crippen LogP contribution >= 0.6 is 11.6 Å². The summed E-state index contributed by atoms with van der Waals surface area (Å²) in [5.74, 6) is 0.172. The van der Waals surface area contributed by atoms with E-state index < -0.39 is 0 Å². The van der Waals surface area contributed by atoms with Gasteiger partial charge in [-0.1, -0.05) is 29.8 Å². The zero-order valence-electron chi connectivity index (χ0n) is 14.3. The molecule has 5 nitrogen and oxygen atoms in total. The molecule has 3 rings (SSSR count). The van der Waals surface area contributed by atoms with Crippen molar-refractivity contribution in [3.05, 3.63) is 94.9 Å². The minimum Gasteiger partial charge on any atom is -0.467 e. The van der Waals surface area contributed by atoms with Gasteiger partial charge in [0.2, 0.25) is 5.91 Å². The molecule has 2 amide bonds. The maximum absolute atomic E-state index is 12.1. The SMILES string of the molecule is O=C(/C=C/c1ccccc1Cl)Nc1ccc(C(=O)NCc2ccco2)cc1. The van der Waals surface area contributed by atoms with Crippen molar-refractivity contribution >= 4 is 35.2 Å². The summed E-state index contributed by atoms with van der Waals surface area (Å²) in [7, 11) is 0. The van der Waals surface area contributed by atoms with Gasteiger partial charge in [0, 0.05) is 22.3 Å². The van der Waals surface area contributed by atoms with E-state index in [1.807, 2.05) is 18.2 Å². The summed E-state index contributed by atoms with van der Waals surface area (Å²) in [5.41, 5.74) is 1.84. The monoisotopic (exact) mass is 380 g/mol. The van der Waals surface area contributed by atoms with E-state index in [9.17, 15) is 9.59 Å². The second-order valence-electron chi connectivity index (χ2n) is 5.68. The number of anilines is 1. The summed E-state index contributed by atoms with van der Waals surface area (Å²) in [6, 6.07) is 17.4. The zero-order chi connectivity index (χ0) is 19.1. The average molecular weight is 381 g/mol. The molecule has 0 bridgehead atoms. The fourth-order valence-electron chi connectivity index (χ4n) is 2.35. The Morgan fingerprint density at radius 3 is 2.48 bits per heavy atom. The van der Waals surface area contributed by atoms with E-state index in [2.05, 4.69) is 10.6 Å². The van der Waals surface area contributed by atoms with E-state index in [0.717, 1.165) is 5.56 Å². The molecule has 0 saturated heterocycles. The fraction of sp³-hybridized carbons (Fsp3) is 0.0476. The van der Waals surface area contributed by atoms with Crippen LogP contribution in [0.2, 0.25) is 5.02 Å². The summed E-state index contributed by atoms with van der Waals surface area (Å²) in [4.78, 5) is 24.1. The third-order valence-electron chi connectivity index (χ3n) is 3.74. The maximum atomic E-state index is 12.1. The molecule has 0 aliphatic rings. The highest BCUT2D eigenvalue weighted by Crippen LogP contribution is 2.16. The molecule has 136 valence electrons. The van der Waals surface area contributed by atoms with Crippen LogP contribution in [-0.2, 0) is 11.3 Å². The second-order valence-corrected chi connectivity index (χ2v) is 6.09. The molecule has 0 spiro atoms. The van der Waals surface area contributed by atoms with Crippen LogP contribution in [0, 0.1) is 0 Å². The molecule has 3 aromatic rings. The van der Waals surface area contributed by atoms with Gasteiger partial charge < -0.3 is 15.1 Å². The van der Waals surface area contributed by atoms with Gasteiger partial charge in [-0.25, -0.2) is 0 Å². The predicted molar refractivity (Wildman–Crippen MR) is 105 cm³/mol. The smallest absolute Gasteiger partial charge is 0.251 e. The molecule has 27 heavy (non-hydrogen) atoms. The molecule has 0 fully saturated rings. The highest BCUT2D eigenvalue weighted by atomic mass is 35.5. The predicted octanol–water partition coefficient (Wildman–Crippen LogP) is 4.51. The van der Waals surface area contributed by atoms with Gasteiger partial charge >= 0.3 is 0 Å². The van der Waals surface area contributed by atoms with Crippen LogP contribution in [0.15, 0.2) is 77.4 Å². The van der Waals surface area contributed by atoms with Gasteiger partial charge in [-0.15, -0.1) is 0 Å². The van der Waals surface area contributed by atoms with Crippen LogP contribution < -0.4 is 10.6 Å². The topological polar surface area (TPSA) is 71.3 Å². The maximum Gasteiger partial charge on any atom is 0.251 e. The summed E-state index contributed by atoms with van der Waals surface area (Å²) in [6.45, 7) is 0.317. The molecule has 1 aromatic heterocycles. The number of hydrogen-bond donors (Lipinski definition) is 2. The second kappa shape index (κ2) is 8.87. The van der Waals surface area contributed by atoms with Crippen molar-refractivity contribution in [1.82, 2.24) is 5.32 Å². The van der Waals surface area contributed by atoms with Crippen molar-refractivity contribution in [2.75, 3.05) is 5.32 Å². The van der Waals surface area contributed by atoms with Crippen LogP contribution in [0.5, 0.6) is 0 Å². The van der Waals surface area contributed by atoms with E-state index in [4.69, 9.17) is 16.0 Å². The first kappa shape index (κ1) is 18.5. The van der Waals surface area contributed by atoms with E-state index in [1.165, 1.54) is 6.08 Å². The minimum absolute atomic E-state index is 0.220. The Bertz CT molecular complexity index is 948. The van der Waals surface area contributed by atoms with Crippen LogP contribution in [0.3, 0.4) is 0 Å². The van der Waals surface area contributed by atoms with Gasteiger partial charge in [0.15, 0.2) is 0 Å². The lowest BCUT2D eigenvalue weighted by Crippen LogP contribution is -2.22. The molecule has 0 atom stereocenters. The summed E-state index contributed by atoms with van der Waals surface area (Å²) in [5, 5.41) is 6.07. The lowest BCUT2D eigenvalue weighted by Gasteiger charge is -2.06. The molecular formula is C21H17ClN2O3. The number of carbonyl (C=O) groups excluding carboxylic acids is 2. The normalized spacial score (nSPS) is 10.7. The van der Waals surface area contributed by atoms with Crippen LogP contribution in [0.25, 0.3) is 6.08 Å². The van der Waals surface area contributed by atoms with Gasteiger partial charge in [-0.05, 0) is 54.1 Å². The first-order chi connectivity index (χ1) is 13.1. The Hall–Kier alpha value is -3.31. The number of benzene rings is 2. The van der Waals surface area contributed by atoms with Crippen molar-refractivity contribution in [2.24, 2.45) is 0 Å². The summed E-state index contributed by atoms with van der Waals surface area (Å²) < 4.78 is 5.17. The highest BCUT2D eigenvalue weighted by molar-refractivity contribution is 6.32. The Kier molecular flexibility index (Phi) is 6.07. The first-order valence-electron chi connectivity index (χ1n) is 8.26. The fourth-order valence-corrected chi connectivity index (χ4v) is 2.55. The molecule has 6 heteroatoms. The van der Waals surface area contributed by atoms with Crippen molar-refractivity contribution in [1.29, 1.82) is 0 Å². The van der Waals surface area contributed by atoms with Gasteiger partial charge in [0.25, 0.3) is 5.91 Å². The van der Waals surface area contributed by atoms with E-state index in [1.54, 1.807) is 54.8 Å². The number of hydrogen-bond acceptors (Lipinski definition) is 3. The Morgan fingerprint density at radius 2 is 1.78 bits per heavy atom.